The van der Waals surface area contributed by atoms with E-state index >= 15 is 0 Å². The lowest BCUT2D eigenvalue weighted by Gasteiger charge is -2.01. The van der Waals surface area contributed by atoms with E-state index in [1.165, 1.54) is 0 Å². The summed E-state index contributed by atoms with van der Waals surface area (Å²) in [5, 5.41) is 0. The fourth-order valence-corrected chi connectivity index (χ4v) is 1.53. The molecule has 0 aromatic carbocycles. The molecule has 0 aliphatic carbocycles. The van der Waals surface area contributed by atoms with Gasteiger partial charge in [-0.1, -0.05) is 19.8 Å². The van der Waals surface area contributed by atoms with Crippen LogP contribution in [0.1, 0.15) is 39.5 Å². The highest BCUT2D eigenvalue weighted by molar-refractivity contribution is 5.74. The molecule has 2 nitrogen and oxygen atoms in total. The van der Waals surface area contributed by atoms with Gasteiger partial charge >= 0.3 is 5.97 Å². The summed E-state index contributed by atoms with van der Waals surface area (Å²) in [6.45, 7) is 4.10. The predicted molar refractivity (Wildman–Crippen MR) is 43.2 cm³/mol. The molecule has 64 valence electrons. The van der Waals surface area contributed by atoms with E-state index in [0.717, 1.165) is 25.7 Å². The van der Waals surface area contributed by atoms with Gasteiger partial charge in [-0.3, -0.25) is 4.79 Å². The standard InChI is InChI=1S/C9H16O2/c1-3-4-5-8-6-7(2)11-9(8)10/h7-8H,3-6H2,1-2H3/t7-,8+/m0/s1. The normalized spacial score (nSPS) is 30.5. The zero-order valence-corrected chi connectivity index (χ0v) is 7.30. The highest BCUT2D eigenvalue weighted by Gasteiger charge is 2.30. The molecule has 1 saturated heterocycles. The maximum absolute atomic E-state index is 11.1. The predicted octanol–water partition coefficient (Wildman–Crippen LogP) is 2.13. The number of hydrogen-bond donors (Lipinski definition) is 0. The molecule has 1 heterocycles. The first-order chi connectivity index (χ1) is 5.24. The van der Waals surface area contributed by atoms with Gasteiger partial charge in [0.25, 0.3) is 0 Å². The van der Waals surface area contributed by atoms with Gasteiger partial charge in [-0.2, -0.15) is 0 Å². The smallest absolute Gasteiger partial charge is 0.309 e. The minimum Gasteiger partial charge on any atom is -0.462 e. The second kappa shape index (κ2) is 3.74. The van der Waals surface area contributed by atoms with Crippen LogP contribution in [0.2, 0.25) is 0 Å². The summed E-state index contributed by atoms with van der Waals surface area (Å²) in [6, 6.07) is 0. The molecule has 1 aliphatic rings. The largest absolute Gasteiger partial charge is 0.462 e. The Hall–Kier alpha value is -0.530. The first-order valence-electron chi connectivity index (χ1n) is 4.44. The molecule has 0 radical (unpaired) electrons. The van der Waals surface area contributed by atoms with Crippen molar-refractivity contribution in [3.05, 3.63) is 0 Å². The van der Waals surface area contributed by atoms with Crippen LogP contribution >= 0.6 is 0 Å². The van der Waals surface area contributed by atoms with E-state index in [0.29, 0.717) is 0 Å². The number of rotatable bonds is 3. The molecule has 0 bridgehead atoms. The van der Waals surface area contributed by atoms with Gasteiger partial charge in [0, 0.05) is 0 Å². The summed E-state index contributed by atoms with van der Waals surface area (Å²) in [5.74, 6) is 0.218. The Balaban J connectivity index is 2.29. The summed E-state index contributed by atoms with van der Waals surface area (Å²) in [4.78, 5) is 11.1. The van der Waals surface area contributed by atoms with Gasteiger partial charge in [0.15, 0.2) is 0 Å². The Kier molecular flexibility index (Phi) is 2.92. The van der Waals surface area contributed by atoms with E-state index in [1.54, 1.807) is 0 Å². The number of carbonyl (C=O) groups excluding carboxylic acids is 1. The second-order valence-corrected chi connectivity index (χ2v) is 3.32. The van der Waals surface area contributed by atoms with E-state index in [9.17, 15) is 4.79 Å². The van der Waals surface area contributed by atoms with Gasteiger partial charge in [-0.05, 0) is 19.8 Å². The topological polar surface area (TPSA) is 26.3 Å². The lowest BCUT2D eigenvalue weighted by atomic mass is 9.99. The number of ether oxygens (including phenoxy) is 1. The maximum atomic E-state index is 11.1. The first kappa shape index (κ1) is 8.57. The summed E-state index contributed by atoms with van der Waals surface area (Å²) in [7, 11) is 0. The van der Waals surface area contributed by atoms with Crippen LogP contribution < -0.4 is 0 Å². The van der Waals surface area contributed by atoms with E-state index in [2.05, 4.69) is 6.92 Å². The molecule has 0 saturated carbocycles. The van der Waals surface area contributed by atoms with Crippen molar-refractivity contribution in [2.75, 3.05) is 0 Å². The third kappa shape index (κ3) is 2.21. The highest BCUT2D eigenvalue weighted by Crippen LogP contribution is 2.25. The van der Waals surface area contributed by atoms with Crippen molar-refractivity contribution in [3.8, 4) is 0 Å². The molecular weight excluding hydrogens is 140 g/mol. The van der Waals surface area contributed by atoms with Crippen LogP contribution in [0.25, 0.3) is 0 Å². The average Bonchev–Trinajstić information content (AvgIpc) is 2.26. The van der Waals surface area contributed by atoms with Crippen molar-refractivity contribution in [2.45, 2.75) is 45.6 Å². The summed E-state index contributed by atoms with van der Waals surface area (Å²) < 4.78 is 5.03. The average molecular weight is 156 g/mol. The Morgan fingerprint density at radius 2 is 2.36 bits per heavy atom. The molecule has 2 heteroatoms. The number of esters is 1. The number of hydrogen-bond acceptors (Lipinski definition) is 2. The van der Waals surface area contributed by atoms with Gasteiger partial charge in [-0.15, -0.1) is 0 Å². The molecule has 0 N–H and O–H groups in total. The highest BCUT2D eigenvalue weighted by atomic mass is 16.5. The van der Waals surface area contributed by atoms with Gasteiger partial charge < -0.3 is 4.74 Å². The molecule has 0 unspecified atom stereocenters. The van der Waals surface area contributed by atoms with E-state index in [1.807, 2.05) is 6.92 Å². The third-order valence-electron chi connectivity index (χ3n) is 2.17. The van der Waals surface area contributed by atoms with Crippen LogP contribution in [0, 0.1) is 5.92 Å². The quantitative estimate of drug-likeness (QED) is 0.585. The number of unbranched alkanes of at least 4 members (excludes halogenated alkanes) is 1. The maximum Gasteiger partial charge on any atom is 0.309 e. The van der Waals surface area contributed by atoms with Crippen LogP contribution in [-0.2, 0) is 9.53 Å². The van der Waals surface area contributed by atoms with Gasteiger partial charge in [0.1, 0.15) is 0 Å². The third-order valence-corrected chi connectivity index (χ3v) is 2.17. The van der Waals surface area contributed by atoms with Crippen LogP contribution in [0.4, 0.5) is 0 Å². The molecule has 2 atom stereocenters. The fourth-order valence-electron chi connectivity index (χ4n) is 1.53. The first-order valence-corrected chi connectivity index (χ1v) is 4.44. The number of carbonyl (C=O) groups is 1. The van der Waals surface area contributed by atoms with E-state index in [4.69, 9.17) is 4.74 Å². The van der Waals surface area contributed by atoms with E-state index in [-0.39, 0.29) is 18.0 Å². The van der Waals surface area contributed by atoms with Gasteiger partial charge in [0.2, 0.25) is 0 Å². The van der Waals surface area contributed by atoms with Gasteiger partial charge in [0.05, 0.1) is 12.0 Å². The summed E-state index contributed by atoms with van der Waals surface area (Å²) in [5.41, 5.74) is 0. The van der Waals surface area contributed by atoms with Crippen LogP contribution in [0.5, 0.6) is 0 Å². The SMILES string of the molecule is CCCC[C@@H]1C[C@H](C)OC1=O. The Morgan fingerprint density at radius 3 is 2.82 bits per heavy atom. The lowest BCUT2D eigenvalue weighted by molar-refractivity contribution is -0.143. The summed E-state index contributed by atoms with van der Waals surface area (Å²) >= 11 is 0. The molecule has 11 heavy (non-hydrogen) atoms. The Labute approximate surface area is 67.9 Å². The van der Waals surface area contributed by atoms with Crippen LogP contribution in [0.3, 0.4) is 0 Å². The van der Waals surface area contributed by atoms with Crippen molar-refractivity contribution < 1.29 is 9.53 Å². The van der Waals surface area contributed by atoms with Crippen molar-refractivity contribution in [1.82, 2.24) is 0 Å². The Morgan fingerprint density at radius 1 is 1.64 bits per heavy atom. The molecule has 0 aromatic heterocycles. The van der Waals surface area contributed by atoms with Gasteiger partial charge in [-0.25, -0.2) is 0 Å². The molecular formula is C9H16O2. The molecule has 1 rings (SSSR count). The number of cyclic esters (lactones) is 1. The van der Waals surface area contributed by atoms with Crippen molar-refractivity contribution in [3.63, 3.8) is 0 Å². The van der Waals surface area contributed by atoms with E-state index < -0.39 is 0 Å². The zero-order valence-electron chi connectivity index (χ0n) is 7.30. The summed E-state index contributed by atoms with van der Waals surface area (Å²) in [6.07, 6.45) is 4.41. The molecule has 0 aromatic rings. The fraction of sp³-hybridized carbons (Fsp3) is 0.889. The molecule has 1 aliphatic heterocycles. The van der Waals surface area contributed by atoms with Crippen LogP contribution in [-0.4, -0.2) is 12.1 Å². The van der Waals surface area contributed by atoms with Crippen molar-refractivity contribution in [1.29, 1.82) is 0 Å². The Bertz CT molecular complexity index is 142. The minimum atomic E-state index is 0.0194. The van der Waals surface area contributed by atoms with Crippen molar-refractivity contribution in [2.24, 2.45) is 5.92 Å². The lowest BCUT2D eigenvalue weighted by Crippen LogP contribution is -2.06. The minimum absolute atomic E-state index is 0.0194. The van der Waals surface area contributed by atoms with Crippen molar-refractivity contribution >= 4 is 5.97 Å². The molecule has 0 amide bonds. The molecule has 0 spiro atoms. The molecule has 1 fully saturated rings. The zero-order chi connectivity index (χ0) is 8.27. The monoisotopic (exact) mass is 156 g/mol. The van der Waals surface area contributed by atoms with Crippen LogP contribution in [0.15, 0.2) is 0 Å². The second-order valence-electron chi connectivity index (χ2n) is 3.32.